The summed E-state index contributed by atoms with van der Waals surface area (Å²) in [4.78, 5) is 17.6. The molecule has 140 valence electrons. The molecule has 2 N–H and O–H groups in total. The second-order valence-electron chi connectivity index (χ2n) is 8.22. The number of nitrogens with zero attached hydrogens (tertiary/aromatic N) is 4. The number of nitrogens with one attached hydrogen (secondary N) is 2. The summed E-state index contributed by atoms with van der Waals surface area (Å²) in [6.45, 7) is 11.0. The minimum absolute atomic E-state index is 1.03. The van der Waals surface area contributed by atoms with Crippen molar-refractivity contribution in [2.24, 2.45) is 0 Å². The van der Waals surface area contributed by atoms with E-state index in [1.54, 1.807) is 0 Å². The summed E-state index contributed by atoms with van der Waals surface area (Å²) in [5, 5.41) is 0. The molecule has 0 aromatic carbocycles. The highest BCUT2D eigenvalue weighted by molar-refractivity contribution is 5.15. The number of hydrogen-bond donors (Lipinski definition) is 2. The summed E-state index contributed by atoms with van der Waals surface area (Å²) in [6.07, 6.45) is 2.51. The van der Waals surface area contributed by atoms with Crippen molar-refractivity contribution in [3.63, 3.8) is 0 Å². The predicted molar refractivity (Wildman–Crippen MR) is 102 cm³/mol. The fourth-order valence-corrected chi connectivity index (χ4v) is 4.71. The van der Waals surface area contributed by atoms with Crippen LogP contribution in [-0.2, 0) is 26.2 Å². The zero-order valence-electron chi connectivity index (χ0n) is 15.6. The summed E-state index contributed by atoms with van der Waals surface area (Å²) in [5.74, 6) is 0. The van der Waals surface area contributed by atoms with Crippen molar-refractivity contribution in [1.29, 1.82) is 0 Å². The molecule has 5 rings (SSSR count). The van der Waals surface area contributed by atoms with Gasteiger partial charge in [0.1, 0.15) is 0 Å². The minimum atomic E-state index is 1.03. The first-order chi connectivity index (χ1) is 12.8. The standard InChI is InChI=1S/C20H30N6/c1-7-23-11-17-3-5-19(21-17)13-25-9-2-10-26(16-25)14-20-6-4-18(22-20)12-24(8-1)15-23/h3-6,21-22H,1-2,7-16H2. The van der Waals surface area contributed by atoms with E-state index in [9.17, 15) is 0 Å². The minimum Gasteiger partial charge on any atom is -0.360 e. The molecule has 8 bridgehead atoms. The summed E-state index contributed by atoms with van der Waals surface area (Å²) in [7, 11) is 0. The van der Waals surface area contributed by atoms with Gasteiger partial charge in [-0.1, -0.05) is 0 Å². The van der Waals surface area contributed by atoms with Crippen LogP contribution in [0, 0.1) is 0 Å². The van der Waals surface area contributed by atoms with Gasteiger partial charge in [-0.15, -0.1) is 0 Å². The Morgan fingerprint density at radius 1 is 0.500 bits per heavy atom. The predicted octanol–water partition coefficient (Wildman–Crippen LogP) is 1.99. The van der Waals surface area contributed by atoms with Crippen LogP contribution in [0.5, 0.6) is 0 Å². The van der Waals surface area contributed by atoms with Crippen LogP contribution in [0.15, 0.2) is 24.3 Å². The van der Waals surface area contributed by atoms with Gasteiger partial charge in [0, 0.05) is 75.1 Å². The zero-order valence-corrected chi connectivity index (χ0v) is 15.6. The molecule has 4 atom stereocenters. The van der Waals surface area contributed by atoms with Crippen LogP contribution >= 0.6 is 0 Å². The lowest BCUT2D eigenvalue weighted by atomic mass is 10.2. The average Bonchev–Trinajstić information content (AvgIpc) is 3.24. The van der Waals surface area contributed by atoms with E-state index < -0.39 is 0 Å². The van der Waals surface area contributed by atoms with Crippen molar-refractivity contribution in [3.8, 4) is 0 Å². The Balaban J connectivity index is 1.39. The Kier molecular flexibility index (Phi) is 4.58. The highest BCUT2D eigenvalue weighted by atomic mass is 15.3. The molecule has 2 saturated heterocycles. The van der Waals surface area contributed by atoms with E-state index in [1.807, 2.05) is 0 Å². The average molecular weight is 355 g/mol. The molecule has 0 radical (unpaired) electrons. The van der Waals surface area contributed by atoms with Gasteiger partial charge in [0.25, 0.3) is 0 Å². The van der Waals surface area contributed by atoms with Gasteiger partial charge in [0.15, 0.2) is 0 Å². The molecule has 6 heteroatoms. The maximum absolute atomic E-state index is 3.68. The van der Waals surface area contributed by atoms with E-state index in [4.69, 9.17) is 0 Å². The fourth-order valence-electron chi connectivity index (χ4n) is 4.71. The fraction of sp³-hybridized carbons (Fsp3) is 0.600. The Bertz CT molecular complexity index is 619. The van der Waals surface area contributed by atoms with Gasteiger partial charge in [-0.3, -0.25) is 19.6 Å². The maximum atomic E-state index is 3.68. The number of rotatable bonds is 0. The Labute approximate surface area is 155 Å². The molecule has 2 aromatic rings. The van der Waals surface area contributed by atoms with Crippen LogP contribution in [0.1, 0.15) is 35.6 Å². The van der Waals surface area contributed by atoms with E-state index in [2.05, 4.69) is 53.8 Å². The van der Waals surface area contributed by atoms with Crippen molar-refractivity contribution in [2.75, 3.05) is 39.5 Å². The van der Waals surface area contributed by atoms with Crippen molar-refractivity contribution in [3.05, 3.63) is 47.0 Å². The maximum Gasteiger partial charge on any atom is 0.0514 e. The monoisotopic (exact) mass is 354 g/mol. The molecule has 2 fully saturated rings. The van der Waals surface area contributed by atoms with Gasteiger partial charge in [-0.25, -0.2) is 0 Å². The van der Waals surface area contributed by atoms with Crippen LogP contribution in [-0.4, -0.2) is 69.1 Å². The van der Waals surface area contributed by atoms with E-state index in [0.29, 0.717) is 0 Å². The van der Waals surface area contributed by atoms with Gasteiger partial charge in [0.05, 0.1) is 13.3 Å². The molecular weight excluding hydrogens is 324 g/mol. The van der Waals surface area contributed by atoms with Gasteiger partial charge in [-0.05, 0) is 37.1 Å². The van der Waals surface area contributed by atoms with Gasteiger partial charge in [0.2, 0.25) is 0 Å². The molecule has 26 heavy (non-hydrogen) atoms. The number of aromatic nitrogens is 2. The topological polar surface area (TPSA) is 44.5 Å². The van der Waals surface area contributed by atoms with Gasteiger partial charge in [-0.2, -0.15) is 0 Å². The van der Waals surface area contributed by atoms with Crippen LogP contribution in [0.4, 0.5) is 0 Å². The van der Waals surface area contributed by atoms with E-state index in [0.717, 1.165) is 39.5 Å². The number of aromatic amines is 2. The summed E-state index contributed by atoms with van der Waals surface area (Å²) >= 11 is 0. The molecule has 3 aliphatic heterocycles. The van der Waals surface area contributed by atoms with Gasteiger partial charge < -0.3 is 9.97 Å². The van der Waals surface area contributed by atoms with Crippen molar-refractivity contribution in [1.82, 2.24) is 29.6 Å². The molecule has 0 aliphatic carbocycles. The number of fused-ring (bicyclic) bond motifs is 8. The lowest BCUT2D eigenvalue weighted by Crippen LogP contribution is -2.44. The van der Waals surface area contributed by atoms with Crippen molar-refractivity contribution in [2.45, 2.75) is 39.0 Å². The molecule has 0 spiro atoms. The Morgan fingerprint density at radius 2 is 0.808 bits per heavy atom. The first-order valence-electron chi connectivity index (χ1n) is 10.0. The zero-order chi connectivity index (χ0) is 17.3. The first-order valence-corrected chi connectivity index (χ1v) is 10.0. The molecule has 3 aliphatic rings. The highest BCUT2D eigenvalue weighted by Crippen LogP contribution is 2.18. The Hall–Kier alpha value is -1.60. The largest absolute Gasteiger partial charge is 0.360 e. The smallest absolute Gasteiger partial charge is 0.0514 e. The molecule has 2 aromatic heterocycles. The van der Waals surface area contributed by atoms with E-state index in [-0.39, 0.29) is 0 Å². The third-order valence-electron chi connectivity index (χ3n) is 5.89. The molecule has 5 heterocycles. The molecule has 0 amide bonds. The quantitative estimate of drug-likeness (QED) is 0.759. The molecule has 4 unspecified atom stereocenters. The second kappa shape index (κ2) is 7.19. The third-order valence-corrected chi connectivity index (χ3v) is 5.89. The van der Waals surface area contributed by atoms with Crippen LogP contribution in [0.3, 0.4) is 0 Å². The van der Waals surface area contributed by atoms with Gasteiger partial charge >= 0.3 is 0 Å². The number of H-pyrrole nitrogens is 2. The second-order valence-corrected chi connectivity index (χ2v) is 8.22. The first kappa shape index (κ1) is 16.6. The molecule has 0 saturated carbocycles. The SMILES string of the molecule is c1cc2[nH]c1CN1CCCN(Cc3ccc([nH]3)CN3CCCN(C2)C3)C1. The normalized spacial score (nSPS) is 32.3. The molecule has 6 nitrogen and oxygen atoms in total. The van der Waals surface area contributed by atoms with Crippen molar-refractivity contribution < 1.29 is 0 Å². The van der Waals surface area contributed by atoms with Crippen LogP contribution in [0.2, 0.25) is 0 Å². The Morgan fingerprint density at radius 3 is 1.12 bits per heavy atom. The van der Waals surface area contributed by atoms with Crippen LogP contribution < -0.4 is 0 Å². The van der Waals surface area contributed by atoms with Crippen LogP contribution in [0.25, 0.3) is 0 Å². The van der Waals surface area contributed by atoms with E-state index >= 15 is 0 Å². The summed E-state index contributed by atoms with van der Waals surface area (Å²) < 4.78 is 0. The lowest BCUT2D eigenvalue weighted by molar-refractivity contribution is 0.0693. The number of hydrogen-bond acceptors (Lipinski definition) is 4. The third kappa shape index (κ3) is 3.74. The highest BCUT2D eigenvalue weighted by Gasteiger charge is 2.21. The van der Waals surface area contributed by atoms with Crippen molar-refractivity contribution >= 4 is 0 Å². The summed E-state index contributed by atoms with van der Waals surface area (Å²) in [5.41, 5.74) is 5.41. The lowest BCUT2D eigenvalue weighted by Gasteiger charge is -2.36. The van der Waals surface area contributed by atoms with E-state index in [1.165, 1.54) is 61.8 Å². The summed E-state index contributed by atoms with van der Waals surface area (Å²) in [6, 6.07) is 9.13. The molecular formula is C20H30N6.